The molecule has 0 bridgehead atoms. The Kier molecular flexibility index (Phi) is 3.72. The molecule has 0 amide bonds. The fourth-order valence-electron chi connectivity index (χ4n) is 2.35. The Labute approximate surface area is 90.9 Å². The van der Waals surface area contributed by atoms with Crippen LogP contribution in [-0.2, 0) is 6.42 Å². The van der Waals surface area contributed by atoms with Crippen LogP contribution in [0.3, 0.4) is 0 Å². The molecule has 0 saturated heterocycles. The molecule has 1 aliphatic rings. The van der Waals surface area contributed by atoms with Crippen LogP contribution in [0.4, 0.5) is 0 Å². The van der Waals surface area contributed by atoms with Gasteiger partial charge >= 0.3 is 0 Å². The van der Waals surface area contributed by atoms with E-state index in [0.29, 0.717) is 6.04 Å². The number of hydrogen-bond donors (Lipinski definition) is 2. The minimum atomic E-state index is 0.710. The molecule has 0 radical (unpaired) electrons. The van der Waals surface area contributed by atoms with Crippen LogP contribution in [0.15, 0.2) is 6.33 Å². The summed E-state index contributed by atoms with van der Waals surface area (Å²) in [5.74, 6) is 1.81. The Morgan fingerprint density at radius 2 is 2.33 bits per heavy atom. The Bertz CT molecular complexity index is 270. The summed E-state index contributed by atoms with van der Waals surface area (Å²) in [6, 6.07) is 0.710. The van der Waals surface area contributed by atoms with Gasteiger partial charge in [-0.25, -0.2) is 4.98 Å². The van der Waals surface area contributed by atoms with Crippen LogP contribution in [0.25, 0.3) is 0 Å². The standard InChI is InChI=1S/C11H20N4/c1-9-4-2-3-5-10(9)12-7-6-11-13-8-14-15-11/h8-10,12H,2-7H2,1H3,(H,13,14,15). The average Bonchev–Trinajstić information content (AvgIpc) is 2.74. The SMILES string of the molecule is CC1CCCCC1NCCc1ncn[nH]1. The number of rotatable bonds is 4. The van der Waals surface area contributed by atoms with Crippen molar-refractivity contribution in [2.24, 2.45) is 5.92 Å². The van der Waals surface area contributed by atoms with E-state index in [4.69, 9.17) is 0 Å². The number of hydrogen-bond acceptors (Lipinski definition) is 3. The third kappa shape index (κ3) is 3.02. The van der Waals surface area contributed by atoms with Crippen LogP contribution in [0, 0.1) is 5.92 Å². The molecule has 1 fully saturated rings. The first-order valence-electron chi connectivity index (χ1n) is 5.94. The van der Waals surface area contributed by atoms with E-state index in [9.17, 15) is 0 Å². The molecule has 0 spiro atoms. The highest BCUT2D eigenvalue weighted by Crippen LogP contribution is 2.23. The number of nitrogens with zero attached hydrogens (tertiary/aromatic N) is 2. The summed E-state index contributed by atoms with van der Waals surface area (Å²) in [5.41, 5.74) is 0. The maximum atomic E-state index is 4.11. The quantitative estimate of drug-likeness (QED) is 0.788. The highest BCUT2D eigenvalue weighted by Gasteiger charge is 2.20. The smallest absolute Gasteiger partial charge is 0.137 e. The molecule has 1 aliphatic carbocycles. The summed E-state index contributed by atoms with van der Waals surface area (Å²) < 4.78 is 0. The van der Waals surface area contributed by atoms with Crippen LogP contribution in [0.2, 0.25) is 0 Å². The maximum Gasteiger partial charge on any atom is 0.137 e. The molecule has 1 aromatic rings. The molecular formula is C11H20N4. The predicted octanol–water partition coefficient (Wildman–Crippen LogP) is 1.52. The summed E-state index contributed by atoms with van der Waals surface area (Å²) in [6.45, 7) is 3.36. The summed E-state index contributed by atoms with van der Waals surface area (Å²) in [7, 11) is 0. The van der Waals surface area contributed by atoms with Gasteiger partial charge in [0.15, 0.2) is 0 Å². The van der Waals surface area contributed by atoms with E-state index in [1.165, 1.54) is 25.7 Å². The fourth-order valence-corrected chi connectivity index (χ4v) is 2.35. The van der Waals surface area contributed by atoms with E-state index in [1.807, 2.05) is 0 Å². The first kappa shape index (κ1) is 10.6. The predicted molar refractivity (Wildman–Crippen MR) is 59.5 cm³/mol. The van der Waals surface area contributed by atoms with Gasteiger partial charge in [0.05, 0.1) is 0 Å². The second kappa shape index (κ2) is 5.26. The van der Waals surface area contributed by atoms with Crippen molar-refractivity contribution in [3.63, 3.8) is 0 Å². The first-order chi connectivity index (χ1) is 7.36. The molecule has 2 rings (SSSR count). The van der Waals surface area contributed by atoms with Crippen molar-refractivity contribution in [3.8, 4) is 0 Å². The van der Waals surface area contributed by atoms with Crippen molar-refractivity contribution in [1.82, 2.24) is 20.5 Å². The molecule has 2 atom stereocenters. The number of aromatic amines is 1. The Morgan fingerprint density at radius 3 is 3.07 bits per heavy atom. The number of aromatic nitrogens is 3. The highest BCUT2D eigenvalue weighted by molar-refractivity contribution is 4.83. The maximum absolute atomic E-state index is 4.11. The normalized spacial score (nSPS) is 26.7. The van der Waals surface area contributed by atoms with Crippen LogP contribution in [0.1, 0.15) is 38.4 Å². The number of nitrogens with one attached hydrogen (secondary N) is 2. The zero-order valence-electron chi connectivity index (χ0n) is 9.37. The summed E-state index contributed by atoms with van der Waals surface area (Å²) in [6.07, 6.45) is 8.01. The van der Waals surface area contributed by atoms with E-state index < -0.39 is 0 Å². The molecule has 0 aromatic carbocycles. The molecule has 0 aliphatic heterocycles. The second-order valence-corrected chi connectivity index (χ2v) is 4.50. The first-order valence-corrected chi connectivity index (χ1v) is 5.94. The molecule has 4 heteroatoms. The number of H-pyrrole nitrogens is 1. The van der Waals surface area contributed by atoms with Crippen molar-refractivity contribution in [1.29, 1.82) is 0 Å². The lowest BCUT2D eigenvalue weighted by atomic mass is 9.86. The fraction of sp³-hybridized carbons (Fsp3) is 0.818. The van der Waals surface area contributed by atoms with Crippen molar-refractivity contribution in [2.75, 3.05) is 6.54 Å². The lowest BCUT2D eigenvalue weighted by Crippen LogP contribution is -2.38. The second-order valence-electron chi connectivity index (χ2n) is 4.50. The molecular weight excluding hydrogens is 188 g/mol. The largest absolute Gasteiger partial charge is 0.313 e. The van der Waals surface area contributed by atoms with Gasteiger partial charge in [0.25, 0.3) is 0 Å². The minimum Gasteiger partial charge on any atom is -0.313 e. The summed E-state index contributed by atoms with van der Waals surface area (Å²) in [4.78, 5) is 4.11. The van der Waals surface area contributed by atoms with Gasteiger partial charge in [-0.1, -0.05) is 19.8 Å². The van der Waals surface area contributed by atoms with Gasteiger partial charge in [-0.3, -0.25) is 5.10 Å². The Hall–Kier alpha value is -0.900. The van der Waals surface area contributed by atoms with Gasteiger partial charge in [0, 0.05) is 19.0 Å². The van der Waals surface area contributed by atoms with Gasteiger partial charge in [0.1, 0.15) is 12.2 Å². The molecule has 2 unspecified atom stereocenters. The van der Waals surface area contributed by atoms with Crippen molar-refractivity contribution in [2.45, 2.75) is 45.1 Å². The van der Waals surface area contributed by atoms with Gasteiger partial charge in [-0.05, 0) is 18.8 Å². The zero-order chi connectivity index (χ0) is 10.5. The highest BCUT2D eigenvalue weighted by atomic mass is 15.2. The van der Waals surface area contributed by atoms with Crippen LogP contribution < -0.4 is 5.32 Å². The van der Waals surface area contributed by atoms with E-state index in [-0.39, 0.29) is 0 Å². The van der Waals surface area contributed by atoms with E-state index >= 15 is 0 Å². The molecule has 1 saturated carbocycles. The third-order valence-corrected chi connectivity index (χ3v) is 3.34. The van der Waals surface area contributed by atoms with Crippen molar-refractivity contribution < 1.29 is 0 Å². The molecule has 1 heterocycles. The van der Waals surface area contributed by atoms with Crippen molar-refractivity contribution in [3.05, 3.63) is 12.2 Å². The lowest BCUT2D eigenvalue weighted by Gasteiger charge is -2.29. The topological polar surface area (TPSA) is 53.6 Å². The van der Waals surface area contributed by atoms with Gasteiger partial charge in [-0.2, -0.15) is 5.10 Å². The van der Waals surface area contributed by atoms with Crippen LogP contribution in [0.5, 0.6) is 0 Å². The van der Waals surface area contributed by atoms with E-state index in [2.05, 4.69) is 27.4 Å². The monoisotopic (exact) mass is 208 g/mol. The van der Waals surface area contributed by atoms with Gasteiger partial charge in [-0.15, -0.1) is 0 Å². The average molecular weight is 208 g/mol. The van der Waals surface area contributed by atoms with E-state index in [1.54, 1.807) is 6.33 Å². The molecule has 2 N–H and O–H groups in total. The molecule has 1 aromatic heterocycles. The third-order valence-electron chi connectivity index (χ3n) is 3.34. The zero-order valence-corrected chi connectivity index (χ0v) is 9.37. The lowest BCUT2D eigenvalue weighted by molar-refractivity contribution is 0.282. The summed E-state index contributed by atoms with van der Waals surface area (Å²) >= 11 is 0. The van der Waals surface area contributed by atoms with Crippen molar-refractivity contribution >= 4 is 0 Å². The van der Waals surface area contributed by atoms with E-state index in [0.717, 1.165) is 24.7 Å². The summed E-state index contributed by atoms with van der Waals surface area (Å²) in [5, 5.41) is 10.3. The minimum absolute atomic E-state index is 0.710. The van der Waals surface area contributed by atoms with Gasteiger partial charge in [0.2, 0.25) is 0 Å². The van der Waals surface area contributed by atoms with Gasteiger partial charge < -0.3 is 5.32 Å². The molecule has 15 heavy (non-hydrogen) atoms. The Balaban J connectivity index is 1.68. The molecule has 84 valence electrons. The Morgan fingerprint density at radius 1 is 1.47 bits per heavy atom. The van der Waals surface area contributed by atoms with Crippen LogP contribution in [-0.4, -0.2) is 27.8 Å². The van der Waals surface area contributed by atoms with Crippen LogP contribution >= 0.6 is 0 Å². The molecule has 4 nitrogen and oxygen atoms in total.